The highest BCUT2D eigenvalue weighted by molar-refractivity contribution is 5.76. The number of esters is 1. The van der Waals surface area contributed by atoms with Gasteiger partial charge in [0.25, 0.3) is 0 Å². The third-order valence-corrected chi connectivity index (χ3v) is 2.45. The monoisotopic (exact) mass is 207 g/mol. The summed E-state index contributed by atoms with van der Waals surface area (Å²) in [4.78, 5) is 13.1. The number of nitrogens with zero attached hydrogens (tertiary/aromatic N) is 3. The van der Waals surface area contributed by atoms with E-state index in [0.29, 0.717) is 0 Å². The number of carbonyl (C=O) groups excluding carboxylic acids is 1. The fourth-order valence-electron chi connectivity index (χ4n) is 1.61. The molecule has 5 heteroatoms. The molecule has 0 aromatic heterocycles. The Hall–Kier alpha value is -1.59. The predicted molar refractivity (Wildman–Crippen MR) is 51.3 cm³/mol. The lowest BCUT2D eigenvalue weighted by Gasteiger charge is -2.24. The average Bonchev–Trinajstić information content (AvgIpc) is 3.03. The number of rotatable bonds is 5. The topological polar surface area (TPSA) is 77.1 Å². The minimum atomic E-state index is -0.422. The van der Waals surface area contributed by atoms with Gasteiger partial charge in [-0.15, -0.1) is 0 Å². The SMILES string of the molecule is COC(=O)C(C1CC1)N(CC#N)CC#N. The number of hydrogen-bond donors (Lipinski definition) is 0. The van der Waals surface area contributed by atoms with Gasteiger partial charge >= 0.3 is 5.97 Å². The largest absolute Gasteiger partial charge is 0.468 e. The molecule has 0 heterocycles. The summed E-state index contributed by atoms with van der Waals surface area (Å²) in [6.07, 6.45) is 1.93. The minimum absolute atomic E-state index is 0.0871. The molecule has 0 aliphatic heterocycles. The number of carbonyl (C=O) groups is 1. The second-order valence-corrected chi connectivity index (χ2v) is 3.53. The molecule has 0 N–H and O–H groups in total. The second kappa shape index (κ2) is 5.33. The van der Waals surface area contributed by atoms with Gasteiger partial charge in [0.15, 0.2) is 0 Å². The molecule has 1 atom stereocenters. The molecule has 80 valence electrons. The van der Waals surface area contributed by atoms with Crippen molar-refractivity contribution in [3.05, 3.63) is 0 Å². The first-order valence-corrected chi connectivity index (χ1v) is 4.80. The summed E-state index contributed by atoms with van der Waals surface area (Å²) in [5.41, 5.74) is 0. The third kappa shape index (κ3) is 2.93. The van der Waals surface area contributed by atoms with Gasteiger partial charge in [0.1, 0.15) is 6.04 Å². The number of ether oxygens (including phenoxy) is 1. The van der Waals surface area contributed by atoms with Crippen LogP contribution >= 0.6 is 0 Å². The van der Waals surface area contributed by atoms with Crippen molar-refractivity contribution in [1.29, 1.82) is 10.5 Å². The Bertz CT molecular complexity index is 296. The van der Waals surface area contributed by atoms with Crippen molar-refractivity contribution in [2.75, 3.05) is 20.2 Å². The van der Waals surface area contributed by atoms with Gasteiger partial charge in [-0.25, -0.2) is 0 Å². The summed E-state index contributed by atoms with van der Waals surface area (Å²) in [5.74, 6) is -0.0952. The van der Waals surface area contributed by atoms with Crippen molar-refractivity contribution in [1.82, 2.24) is 4.90 Å². The van der Waals surface area contributed by atoms with Crippen molar-refractivity contribution in [2.45, 2.75) is 18.9 Å². The van der Waals surface area contributed by atoms with Gasteiger partial charge in [-0.3, -0.25) is 9.69 Å². The van der Waals surface area contributed by atoms with Crippen molar-refractivity contribution >= 4 is 5.97 Å². The summed E-state index contributed by atoms with van der Waals surface area (Å²) in [6, 6.07) is 3.50. The van der Waals surface area contributed by atoms with Gasteiger partial charge < -0.3 is 4.74 Å². The Morgan fingerprint density at radius 3 is 2.33 bits per heavy atom. The van der Waals surface area contributed by atoms with E-state index in [1.54, 1.807) is 4.90 Å². The van der Waals surface area contributed by atoms with Crippen LogP contribution in [0.15, 0.2) is 0 Å². The summed E-state index contributed by atoms with van der Waals surface area (Å²) in [7, 11) is 1.33. The van der Waals surface area contributed by atoms with Crippen LogP contribution in [0, 0.1) is 28.6 Å². The maximum atomic E-state index is 11.5. The first kappa shape index (κ1) is 11.5. The Morgan fingerprint density at radius 2 is 2.00 bits per heavy atom. The zero-order chi connectivity index (χ0) is 11.3. The quantitative estimate of drug-likeness (QED) is 0.478. The fourth-order valence-corrected chi connectivity index (χ4v) is 1.61. The second-order valence-electron chi connectivity index (χ2n) is 3.53. The molecule has 0 radical (unpaired) electrons. The number of nitriles is 2. The summed E-state index contributed by atoms with van der Waals surface area (Å²) in [5, 5.41) is 17.2. The minimum Gasteiger partial charge on any atom is -0.468 e. The van der Waals surface area contributed by atoms with E-state index >= 15 is 0 Å². The van der Waals surface area contributed by atoms with Gasteiger partial charge in [-0.2, -0.15) is 10.5 Å². The zero-order valence-corrected chi connectivity index (χ0v) is 8.64. The fraction of sp³-hybridized carbons (Fsp3) is 0.700. The lowest BCUT2D eigenvalue weighted by Crippen LogP contribution is -2.44. The van der Waals surface area contributed by atoms with Crippen molar-refractivity contribution in [3.63, 3.8) is 0 Å². The van der Waals surface area contributed by atoms with E-state index in [2.05, 4.69) is 4.74 Å². The maximum Gasteiger partial charge on any atom is 0.323 e. The highest BCUT2D eigenvalue weighted by Gasteiger charge is 2.40. The molecule has 0 spiro atoms. The van der Waals surface area contributed by atoms with Crippen molar-refractivity contribution in [3.8, 4) is 12.1 Å². The van der Waals surface area contributed by atoms with Crippen LogP contribution < -0.4 is 0 Å². The Labute approximate surface area is 88.8 Å². The van der Waals surface area contributed by atoms with E-state index in [1.807, 2.05) is 12.1 Å². The molecule has 15 heavy (non-hydrogen) atoms. The smallest absolute Gasteiger partial charge is 0.323 e. The highest BCUT2D eigenvalue weighted by atomic mass is 16.5. The lowest BCUT2D eigenvalue weighted by atomic mass is 10.1. The zero-order valence-electron chi connectivity index (χ0n) is 8.64. The molecule has 0 bridgehead atoms. The molecule has 0 amide bonds. The van der Waals surface area contributed by atoms with Gasteiger partial charge in [0.05, 0.1) is 32.3 Å². The summed E-state index contributed by atoms with van der Waals surface area (Å²) in [6.45, 7) is 0.174. The van der Waals surface area contributed by atoms with Gasteiger partial charge in [-0.05, 0) is 18.8 Å². The van der Waals surface area contributed by atoms with Crippen molar-refractivity contribution in [2.24, 2.45) is 5.92 Å². The Kier molecular flexibility index (Phi) is 4.08. The molecule has 1 rings (SSSR count). The van der Waals surface area contributed by atoms with Crippen LogP contribution in [-0.2, 0) is 9.53 Å². The first-order valence-electron chi connectivity index (χ1n) is 4.80. The molecule has 1 unspecified atom stereocenters. The lowest BCUT2D eigenvalue weighted by molar-refractivity contribution is -0.147. The van der Waals surface area contributed by atoms with Crippen LogP contribution in [-0.4, -0.2) is 37.1 Å². The maximum absolute atomic E-state index is 11.5. The number of hydrogen-bond acceptors (Lipinski definition) is 5. The molecule has 1 aliphatic carbocycles. The van der Waals surface area contributed by atoms with E-state index in [1.165, 1.54) is 7.11 Å². The highest BCUT2D eigenvalue weighted by Crippen LogP contribution is 2.35. The van der Waals surface area contributed by atoms with E-state index in [-0.39, 0.29) is 25.0 Å². The van der Waals surface area contributed by atoms with Crippen molar-refractivity contribution < 1.29 is 9.53 Å². The van der Waals surface area contributed by atoms with E-state index < -0.39 is 6.04 Å². The number of methoxy groups -OCH3 is 1. The molecule has 0 saturated heterocycles. The molecule has 1 fully saturated rings. The van der Waals surface area contributed by atoms with Crippen LogP contribution in [0.4, 0.5) is 0 Å². The molecule has 5 nitrogen and oxygen atoms in total. The predicted octanol–water partition coefficient (Wildman–Crippen LogP) is 0.287. The molecular weight excluding hydrogens is 194 g/mol. The molecular formula is C10H13N3O2. The first-order chi connectivity index (χ1) is 7.24. The molecule has 1 saturated carbocycles. The van der Waals surface area contributed by atoms with E-state index in [9.17, 15) is 4.79 Å². The normalized spacial score (nSPS) is 16.5. The van der Waals surface area contributed by atoms with Crippen LogP contribution in [0.2, 0.25) is 0 Å². The van der Waals surface area contributed by atoms with Crippen LogP contribution in [0.25, 0.3) is 0 Å². The standard InChI is InChI=1S/C10H13N3O2/c1-15-10(14)9(8-2-3-8)13(6-4-11)7-5-12/h8-9H,2-3,6-7H2,1H3. The van der Waals surface area contributed by atoms with Crippen LogP contribution in [0.1, 0.15) is 12.8 Å². The Morgan fingerprint density at radius 1 is 1.47 bits per heavy atom. The third-order valence-electron chi connectivity index (χ3n) is 2.45. The van der Waals surface area contributed by atoms with Gasteiger partial charge in [-0.1, -0.05) is 0 Å². The van der Waals surface area contributed by atoms with E-state index in [4.69, 9.17) is 10.5 Å². The van der Waals surface area contributed by atoms with Gasteiger partial charge in [0.2, 0.25) is 0 Å². The molecule has 1 aliphatic rings. The summed E-state index contributed by atoms with van der Waals surface area (Å²) >= 11 is 0. The van der Waals surface area contributed by atoms with Gasteiger partial charge in [0, 0.05) is 0 Å². The molecule has 0 aromatic carbocycles. The van der Waals surface area contributed by atoms with Crippen LogP contribution in [0.3, 0.4) is 0 Å². The van der Waals surface area contributed by atoms with E-state index in [0.717, 1.165) is 12.8 Å². The Balaban J connectivity index is 2.71. The average molecular weight is 207 g/mol. The molecule has 0 aromatic rings. The summed E-state index contributed by atoms with van der Waals surface area (Å²) < 4.78 is 4.69. The van der Waals surface area contributed by atoms with Crippen LogP contribution in [0.5, 0.6) is 0 Å².